The normalized spacial score (nSPS) is 12.3. The van der Waals surface area contributed by atoms with Crippen molar-refractivity contribution in [1.82, 2.24) is 4.98 Å². The number of ketones is 1. The zero-order valence-electron chi connectivity index (χ0n) is 11.3. The highest BCUT2D eigenvalue weighted by Gasteiger charge is 2.13. The van der Waals surface area contributed by atoms with Crippen LogP contribution in [-0.2, 0) is 11.2 Å². The second-order valence-electron chi connectivity index (χ2n) is 4.76. The Balaban J connectivity index is 2.88. The molecule has 0 aliphatic carbocycles. The van der Waals surface area contributed by atoms with Gasteiger partial charge in [0.15, 0.2) is 0 Å². The van der Waals surface area contributed by atoms with Crippen molar-refractivity contribution in [3.05, 3.63) is 23.0 Å². The second-order valence-corrected chi connectivity index (χ2v) is 4.76. The van der Waals surface area contributed by atoms with E-state index in [-0.39, 0.29) is 5.78 Å². The van der Waals surface area contributed by atoms with Gasteiger partial charge in [0.1, 0.15) is 11.5 Å². The van der Waals surface area contributed by atoms with E-state index in [1.54, 1.807) is 14.0 Å². The number of hydrogen-bond donors (Lipinski definition) is 0. The number of hydrogen-bond acceptors (Lipinski definition) is 3. The predicted octanol–water partition coefficient (Wildman–Crippen LogP) is 2.86. The molecule has 0 radical (unpaired) electrons. The fraction of sp³-hybridized carbons (Fsp3) is 0.571. The van der Waals surface area contributed by atoms with E-state index in [4.69, 9.17) is 4.74 Å². The van der Waals surface area contributed by atoms with Crippen LogP contribution in [0.15, 0.2) is 6.20 Å². The SMILES string of the molecule is COc1c(C)cnc(CC(C)CC(C)=O)c1C. The molecule has 1 aromatic rings. The molecule has 1 rings (SSSR count). The summed E-state index contributed by atoms with van der Waals surface area (Å²) in [5, 5.41) is 0. The molecule has 0 bridgehead atoms. The molecule has 0 amide bonds. The van der Waals surface area contributed by atoms with E-state index < -0.39 is 0 Å². The Morgan fingerprint density at radius 3 is 2.65 bits per heavy atom. The van der Waals surface area contributed by atoms with Crippen LogP contribution in [0.2, 0.25) is 0 Å². The van der Waals surface area contributed by atoms with Crippen LogP contribution >= 0.6 is 0 Å². The molecule has 1 unspecified atom stereocenters. The van der Waals surface area contributed by atoms with Crippen molar-refractivity contribution in [2.24, 2.45) is 5.92 Å². The summed E-state index contributed by atoms with van der Waals surface area (Å²) in [5.41, 5.74) is 3.16. The predicted molar refractivity (Wildman–Crippen MR) is 68.4 cm³/mol. The highest BCUT2D eigenvalue weighted by atomic mass is 16.5. The summed E-state index contributed by atoms with van der Waals surface area (Å²) in [6.07, 6.45) is 3.26. The van der Waals surface area contributed by atoms with Gasteiger partial charge in [-0.3, -0.25) is 4.98 Å². The molecule has 0 spiro atoms. The van der Waals surface area contributed by atoms with Gasteiger partial charge < -0.3 is 9.53 Å². The molecule has 0 fully saturated rings. The first kappa shape index (κ1) is 13.7. The zero-order valence-corrected chi connectivity index (χ0v) is 11.3. The largest absolute Gasteiger partial charge is 0.496 e. The molecule has 0 N–H and O–H groups in total. The lowest BCUT2D eigenvalue weighted by Gasteiger charge is -2.14. The third-order valence-electron chi connectivity index (χ3n) is 2.93. The Hall–Kier alpha value is -1.38. The molecule has 0 aromatic carbocycles. The Kier molecular flexibility index (Phi) is 4.67. The molecule has 3 heteroatoms. The standard InChI is InChI=1S/C14H21NO2/c1-9(6-11(3)16)7-13-12(4)14(17-5)10(2)8-15-13/h8-9H,6-7H2,1-5H3. The summed E-state index contributed by atoms with van der Waals surface area (Å²) in [7, 11) is 1.68. The van der Waals surface area contributed by atoms with Crippen LogP contribution in [0, 0.1) is 19.8 Å². The van der Waals surface area contributed by atoms with Gasteiger partial charge in [-0.1, -0.05) is 6.92 Å². The molecule has 0 saturated heterocycles. The second kappa shape index (κ2) is 5.80. The van der Waals surface area contributed by atoms with E-state index in [2.05, 4.69) is 11.9 Å². The molecular weight excluding hydrogens is 214 g/mol. The molecule has 0 saturated carbocycles. The van der Waals surface area contributed by atoms with E-state index in [1.165, 1.54) is 0 Å². The molecule has 17 heavy (non-hydrogen) atoms. The molecule has 0 aliphatic heterocycles. The Morgan fingerprint density at radius 2 is 2.12 bits per heavy atom. The number of carbonyl (C=O) groups is 1. The average molecular weight is 235 g/mol. The first-order valence-electron chi connectivity index (χ1n) is 5.94. The minimum atomic E-state index is 0.231. The molecule has 3 nitrogen and oxygen atoms in total. The maximum atomic E-state index is 11.1. The van der Waals surface area contributed by atoms with Gasteiger partial charge in [0, 0.05) is 29.4 Å². The van der Waals surface area contributed by atoms with Crippen molar-refractivity contribution in [2.45, 2.75) is 40.5 Å². The lowest BCUT2D eigenvalue weighted by atomic mass is 9.96. The van der Waals surface area contributed by atoms with Crippen molar-refractivity contribution < 1.29 is 9.53 Å². The van der Waals surface area contributed by atoms with E-state index >= 15 is 0 Å². The van der Waals surface area contributed by atoms with Crippen LogP contribution in [0.3, 0.4) is 0 Å². The zero-order chi connectivity index (χ0) is 13.0. The van der Waals surface area contributed by atoms with Crippen molar-refractivity contribution in [2.75, 3.05) is 7.11 Å². The van der Waals surface area contributed by atoms with Crippen molar-refractivity contribution in [3.8, 4) is 5.75 Å². The summed E-state index contributed by atoms with van der Waals surface area (Å²) in [4.78, 5) is 15.5. The smallest absolute Gasteiger partial charge is 0.130 e. The number of Topliss-reactive ketones (excluding diaryl/α,β-unsaturated/α-hetero) is 1. The van der Waals surface area contributed by atoms with Gasteiger partial charge >= 0.3 is 0 Å². The van der Waals surface area contributed by atoms with Crippen LogP contribution < -0.4 is 4.74 Å². The molecule has 1 aromatic heterocycles. The van der Waals surface area contributed by atoms with Crippen LogP contribution in [-0.4, -0.2) is 17.9 Å². The number of pyridine rings is 1. The molecule has 0 aliphatic rings. The summed E-state index contributed by atoms with van der Waals surface area (Å²) >= 11 is 0. The van der Waals surface area contributed by atoms with Crippen molar-refractivity contribution in [1.29, 1.82) is 0 Å². The minimum Gasteiger partial charge on any atom is -0.496 e. The lowest BCUT2D eigenvalue weighted by molar-refractivity contribution is -0.117. The number of aromatic nitrogens is 1. The summed E-state index contributed by atoms with van der Waals surface area (Å²) in [6.45, 7) is 7.72. The molecule has 1 atom stereocenters. The Morgan fingerprint density at radius 1 is 1.47 bits per heavy atom. The van der Waals surface area contributed by atoms with Gasteiger partial charge in [-0.2, -0.15) is 0 Å². The Bertz CT molecular complexity index is 413. The number of nitrogens with zero attached hydrogens (tertiary/aromatic N) is 1. The van der Waals surface area contributed by atoms with Gasteiger partial charge in [0.05, 0.1) is 7.11 Å². The highest BCUT2D eigenvalue weighted by molar-refractivity contribution is 5.75. The van der Waals surface area contributed by atoms with Crippen LogP contribution in [0.25, 0.3) is 0 Å². The number of carbonyl (C=O) groups excluding carboxylic acids is 1. The lowest BCUT2D eigenvalue weighted by Crippen LogP contribution is -2.08. The fourth-order valence-corrected chi connectivity index (χ4v) is 2.17. The average Bonchev–Trinajstić information content (AvgIpc) is 2.22. The van der Waals surface area contributed by atoms with Gasteiger partial charge in [0.2, 0.25) is 0 Å². The van der Waals surface area contributed by atoms with E-state index in [0.717, 1.165) is 29.0 Å². The number of rotatable bonds is 5. The third-order valence-corrected chi connectivity index (χ3v) is 2.93. The topological polar surface area (TPSA) is 39.2 Å². The third kappa shape index (κ3) is 3.55. The maximum Gasteiger partial charge on any atom is 0.130 e. The van der Waals surface area contributed by atoms with Gasteiger partial charge in [-0.25, -0.2) is 0 Å². The minimum absolute atomic E-state index is 0.231. The fourth-order valence-electron chi connectivity index (χ4n) is 2.17. The Labute approximate surface area is 103 Å². The van der Waals surface area contributed by atoms with Gasteiger partial charge in [-0.05, 0) is 33.1 Å². The molecule has 94 valence electrons. The highest BCUT2D eigenvalue weighted by Crippen LogP contribution is 2.25. The summed E-state index contributed by atoms with van der Waals surface area (Å²) < 4.78 is 5.37. The van der Waals surface area contributed by atoms with Crippen LogP contribution in [0.4, 0.5) is 0 Å². The monoisotopic (exact) mass is 235 g/mol. The summed E-state index contributed by atoms with van der Waals surface area (Å²) in [5.74, 6) is 1.46. The van der Waals surface area contributed by atoms with Gasteiger partial charge in [0.25, 0.3) is 0 Å². The molecular formula is C14H21NO2. The number of ether oxygens (including phenoxy) is 1. The number of aryl methyl sites for hydroxylation is 1. The van der Waals surface area contributed by atoms with E-state index in [0.29, 0.717) is 12.3 Å². The summed E-state index contributed by atoms with van der Waals surface area (Å²) in [6, 6.07) is 0. The maximum absolute atomic E-state index is 11.1. The molecule has 1 heterocycles. The van der Waals surface area contributed by atoms with Crippen molar-refractivity contribution in [3.63, 3.8) is 0 Å². The van der Waals surface area contributed by atoms with Crippen LogP contribution in [0.1, 0.15) is 37.1 Å². The van der Waals surface area contributed by atoms with Gasteiger partial charge in [-0.15, -0.1) is 0 Å². The quantitative estimate of drug-likeness (QED) is 0.787. The van der Waals surface area contributed by atoms with E-state index in [9.17, 15) is 4.79 Å². The number of methoxy groups -OCH3 is 1. The first-order chi connectivity index (χ1) is 7.95. The van der Waals surface area contributed by atoms with Crippen molar-refractivity contribution >= 4 is 5.78 Å². The van der Waals surface area contributed by atoms with Crippen LogP contribution in [0.5, 0.6) is 5.75 Å². The van der Waals surface area contributed by atoms with E-state index in [1.807, 2.05) is 20.0 Å². The first-order valence-corrected chi connectivity index (χ1v) is 5.94.